The molecule has 134 valence electrons. The maximum atomic E-state index is 12.0. The predicted octanol–water partition coefficient (Wildman–Crippen LogP) is 3.16. The van der Waals surface area contributed by atoms with Gasteiger partial charge in [0.2, 0.25) is 5.91 Å². The molecule has 24 heavy (non-hydrogen) atoms. The second kappa shape index (κ2) is 10.1. The van der Waals surface area contributed by atoms with Crippen molar-refractivity contribution in [2.24, 2.45) is 5.92 Å². The Bertz CT molecular complexity index is 526. The molecule has 0 spiro atoms. The first-order valence-electron chi connectivity index (χ1n) is 8.76. The highest BCUT2D eigenvalue weighted by molar-refractivity contribution is 5.96. The molecule has 0 heterocycles. The molecule has 5 heteroatoms. The number of hydrogen-bond acceptors (Lipinski definition) is 3. The van der Waals surface area contributed by atoms with Crippen molar-refractivity contribution in [2.45, 2.75) is 59.0 Å². The number of amides is 3. The van der Waals surface area contributed by atoms with Crippen molar-refractivity contribution >= 4 is 11.9 Å². The van der Waals surface area contributed by atoms with Gasteiger partial charge in [0.05, 0.1) is 6.04 Å². The van der Waals surface area contributed by atoms with Gasteiger partial charge in [0.25, 0.3) is 0 Å². The third-order valence-electron chi connectivity index (χ3n) is 4.11. The fraction of sp³-hybridized carbons (Fsp3) is 0.579. The SMILES string of the molecule is CCCCc1ccc([C@@H](N[C@@H](C)C(=O)NC(=O)NC)C(C)C)cc1. The monoisotopic (exact) mass is 333 g/mol. The molecule has 0 radical (unpaired) electrons. The van der Waals surface area contributed by atoms with Crippen LogP contribution in [0.1, 0.15) is 57.7 Å². The molecule has 0 aliphatic rings. The molecule has 1 rings (SSSR count). The number of rotatable bonds is 8. The van der Waals surface area contributed by atoms with Gasteiger partial charge in [-0.3, -0.25) is 15.4 Å². The second-order valence-electron chi connectivity index (χ2n) is 6.52. The van der Waals surface area contributed by atoms with E-state index in [1.807, 2.05) is 0 Å². The molecule has 0 saturated carbocycles. The Kier molecular flexibility index (Phi) is 8.47. The Morgan fingerprint density at radius 3 is 2.21 bits per heavy atom. The van der Waals surface area contributed by atoms with Crippen LogP contribution in [-0.4, -0.2) is 25.0 Å². The maximum Gasteiger partial charge on any atom is 0.321 e. The number of imide groups is 1. The van der Waals surface area contributed by atoms with Crippen LogP contribution in [0.4, 0.5) is 4.79 Å². The summed E-state index contributed by atoms with van der Waals surface area (Å²) in [6.45, 7) is 8.19. The molecule has 3 N–H and O–H groups in total. The van der Waals surface area contributed by atoms with Crippen LogP contribution in [0.3, 0.4) is 0 Å². The van der Waals surface area contributed by atoms with Crippen LogP contribution < -0.4 is 16.0 Å². The van der Waals surface area contributed by atoms with Crippen LogP contribution in [-0.2, 0) is 11.2 Å². The number of hydrogen-bond donors (Lipinski definition) is 3. The lowest BCUT2D eigenvalue weighted by Crippen LogP contribution is -2.48. The smallest absolute Gasteiger partial charge is 0.321 e. The second-order valence-corrected chi connectivity index (χ2v) is 6.52. The van der Waals surface area contributed by atoms with E-state index in [1.54, 1.807) is 6.92 Å². The van der Waals surface area contributed by atoms with Crippen molar-refractivity contribution < 1.29 is 9.59 Å². The van der Waals surface area contributed by atoms with Crippen LogP contribution in [0, 0.1) is 5.92 Å². The Labute approximate surface area is 145 Å². The molecule has 5 nitrogen and oxygen atoms in total. The van der Waals surface area contributed by atoms with E-state index in [0.29, 0.717) is 5.92 Å². The number of nitrogens with one attached hydrogen (secondary N) is 3. The normalized spacial score (nSPS) is 13.4. The van der Waals surface area contributed by atoms with Crippen molar-refractivity contribution in [1.82, 2.24) is 16.0 Å². The van der Waals surface area contributed by atoms with Crippen molar-refractivity contribution in [1.29, 1.82) is 0 Å². The van der Waals surface area contributed by atoms with Crippen molar-refractivity contribution in [3.8, 4) is 0 Å². The molecule has 0 aliphatic heterocycles. The molecule has 1 aromatic carbocycles. The Balaban J connectivity index is 2.76. The Morgan fingerprint density at radius 2 is 1.71 bits per heavy atom. The minimum absolute atomic E-state index is 0.0515. The molecular formula is C19H31N3O2. The quantitative estimate of drug-likeness (QED) is 0.684. The highest BCUT2D eigenvalue weighted by atomic mass is 16.2. The maximum absolute atomic E-state index is 12.0. The first-order chi connectivity index (χ1) is 11.4. The molecule has 2 atom stereocenters. The summed E-state index contributed by atoms with van der Waals surface area (Å²) in [5, 5.41) is 8.02. The van der Waals surface area contributed by atoms with Gasteiger partial charge in [-0.15, -0.1) is 0 Å². The molecule has 0 fully saturated rings. The van der Waals surface area contributed by atoms with E-state index >= 15 is 0 Å². The largest absolute Gasteiger partial charge is 0.341 e. The minimum Gasteiger partial charge on any atom is -0.341 e. The number of urea groups is 1. The summed E-state index contributed by atoms with van der Waals surface area (Å²) in [7, 11) is 1.48. The number of aryl methyl sites for hydroxylation is 1. The van der Waals surface area contributed by atoms with E-state index in [1.165, 1.54) is 25.5 Å². The lowest BCUT2D eigenvalue weighted by Gasteiger charge is -2.26. The summed E-state index contributed by atoms with van der Waals surface area (Å²) in [4.78, 5) is 23.3. The van der Waals surface area contributed by atoms with E-state index in [4.69, 9.17) is 0 Å². The van der Waals surface area contributed by atoms with Gasteiger partial charge >= 0.3 is 6.03 Å². The third-order valence-corrected chi connectivity index (χ3v) is 4.11. The van der Waals surface area contributed by atoms with Crippen LogP contribution in [0.5, 0.6) is 0 Å². The molecule has 0 aromatic heterocycles. The molecular weight excluding hydrogens is 302 g/mol. The van der Waals surface area contributed by atoms with Crippen molar-refractivity contribution in [3.05, 3.63) is 35.4 Å². The fourth-order valence-electron chi connectivity index (χ4n) is 2.57. The van der Waals surface area contributed by atoms with Gasteiger partial charge in [-0.1, -0.05) is 51.5 Å². The predicted molar refractivity (Wildman–Crippen MR) is 97.8 cm³/mol. The van der Waals surface area contributed by atoms with Gasteiger partial charge in [-0.05, 0) is 36.8 Å². The summed E-state index contributed by atoms with van der Waals surface area (Å²) in [6.07, 6.45) is 3.49. The lowest BCUT2D eigenvalue weighted by atomic mass is 9.94. The fourth-order valence-corrected chi connectivity index (χ4v) is 2.57. The first kappa shape index (κ1) is 20.2. The highest BCUT2D eigenvalue weighted by Gasteiger charge is 2.22. The van der Waals surface area contributed by atoms with E-state index in [2.05, 4.69) is 61.0 Å². The topological polar surface area (TPSA) is 70.2 Å². The zero-order valence-electron chi connectivity index (χ0n) is 15.5. The van der Waals surface area contributed by atoms with E-state index < -0.39 is 12.1 Å². The molecule has 0 bridgehead atoms. The summed E-state index contributed by atoms with van der Waals surface area (Å²) in [5.41, 5.74) is 2.50. The zero-order chi connectivity index (χ0) is 18.1. The van der Waals surface area contributed by atoms with Crippen molar-refractivity contribution in [2.75, 3.05) is 7.05 Å². The van der Waals surface area contributed by atoms with E-state index in [9.17, 15) is 9.59 Å². The van der Waals surface area contributed by atoms with Crippen molar-refractivity contribution in [3.63, 3.8) is 0 Å². The molecule has 3 amide bonds. The number of benzene rings is 1. The van der Waals surface area contributed by atoms with Gasteiger partial charge in [-0.2, -0.15) is 0 Å². The summed E-state index contributed by atoms with van der Waals surface area (Å²) < 4.78 is 0. The van der Waals surface area contributed by atoms with Gasteiger partial charge in [0, 0.05) is 13.1 Å². The number of unbranched alkanes of at least 4 members (excludes halogenated alkanes) is 1. The van der Waals surface area contributed by atoms with E-state index in [0.717, 1.165) is 12.0 Å². The molecule has 0 aliphatic carbocycles. The van der Waals surface area contributed by atoms with Gasteiger partial charge in [-0.25, -0.2) is 4.79 Å². The molecule has 1 aromatic rings. The average Bonchev–Trinajstić information content (AvgIpc) is 2.57. The summed E-state index contributed by atoms with van der Waals surface area (Å²) in [5.74, 6) is -0.0127. The average molecular weight is 333 g/mol. The minimum atomic E-state index is -0.491. The van der Waals surface area contributed by atoms with E-state index in [-0.39, 0.29) is 11.9 Å². The van der Waals surface area contributed by atoms with Crippen LogP contribution in [0.2, 0.25) is 0 Å². The number of carbonyl (C=O) groups excluding carboxylic acids is 2. The van der Waals surface area contributed by atoms with Crippen LogP contribution in [0.25, 0.3) is 0 Å². The van der Waals surface area contributed by atoms with Crippen LogP contribution >= 0.6 is 0 Å². The Hall–Kier alpha value is -1.88. The van der Waals surface area contributed by atoms with Gasteiger partial charge in [0.15, 0.2) is 0 Å². The van der Waals surface area contributed by atoms with Gasteiger partial charge in [0.1, 0.15) is 0 Å². The molecule has 0 unspecified atom stereocenters. The zero-order valence-corrected chi connectivity index (χ0v) is 15.5. The first-order valence-corrected chi connectivity index (χ1v) is 8.76. The summed E-state index contributed by atoms with van der Waals surface area (Å²) in [6, 6.07) is 7.69. The lowest BCUT2D eigenvalue weighted by molar-refractivity contribution is -0.121. The van der Waals surface area contributed by atoms with Gasteiger partial charge < -0.3 is 5.32 Å². The van der Waals surface area contributed by atoms with Crippen LogP contribution in [0.15, 0.2) is 24.3 Å². The highest BCUT2D eigenvalue weighted by Crippen LogP contribution is 2.23. The summed E-state index contributed by atoms with van der Waals surface area (Å²) >= 11 is 0. The Morgan fingerprint density at radius 1 is 1.08 bits per heavy atom. The molecule has 0 saturated heterocycles. The number of carbonyl (C=O) groups is 2. The standard InChI is InChI=1S/C19H31N3O2/c1-6-7-8-15-9-11-16(12-10-15)17(13(2)3)21-14(4)18(23)22-19(24)20-5/h9-14,17,21H,6-8H2,1-5H3,(H2,20,22,23,24)/t14-,17-/m0/s1. The third kappa shape index (κ3) is 6.32.